The number of rotatable bonds is 3. The second-order valence-corrected chi connectivity index (χ2v) is 3.91. The van der Waals surface area contributed by atoms with Gasteiger partial charge in [0.1, 0.15) is 0 Å². The van der Waals surface area contributed by atoms with Gasteiger partial charge in [-0.05, 0) is 17.7 Å². The minimum Gasteiger partial charge on any atom is -0.478 e. The molecule has 1 aliphatic heterocycles. The van der Waals surface area contributed by atoms with E-state index >= 15 is 0 Å². The third-order valence-electron chi connectivity index (χ3n) is 2.78. The minimum atomic E-state index is -1.17. The minimum absolute atomic E-state index is 0.0656. The van der Waals surface area contributed by atoms with E-state index in [1.807, 2.05) is 0 Å². The number of hydrogen-bond acceptors (Lipinski definition) is 3. The summed E-state index contributed by atoms with van der Waals surface area (Å²) in [6.07, 6.45) is 1.77. The smallest absolute Gasteiger partial charge is 0.337 e. The Bertz CT molecular complexity index is 546. The van der Waals surface area contributed by atoms with Gasteiger partial charge >= 0.3 is 5.97 Å². The van der Waals surface area contributed by atoms with Crippen LogP contribution in [0.4, 0.5) is 5.69 Å². The predicted molar refractivity (Wildman–Crippen MR) is 65.2 cm³/mol. The first-order valence-corrected chi connectivity index (χ1v) is 5.40. The summed E-state index contributed by atoms with van der Waals surface area (Å²) in [6, 6.07) is 4.43. The molecule has 1 aliphatic rings. The molecular formula is C13H11NO4. The van der Waals surface area contributed by atoms with Crippen LogP contribution in [0.3, 0.4) is 0 Å². The van der Waals surface area contributed by atoms with Gasteiger partial charge in [-0.1, -0.05) is 18.7 Å². The van der Waals surface area contributed by atoms with Crippen LogP contribution in [0.1, 0.15) is 28.8 Å². The monoisotopic (exact) mass is 245 g/mol. The first kappa shape index (κ1) is 12.0. The first-order chi connectivity index (χ1) is 8.54. The van der Waals surface area contributed by atoms with Gasteiger partial charge in [0.15, 0.2) is 0 Å². The Labute approximate surface area is 103 Å². The normalized spacial score (nSPS) is 15.0. The lowest BCUT2D eigenvalue weighted by molar-refractivity contribution is -0.121. The number of aromatic carboxylic acids is 1. The fourth-order valence-corrected chi connectivity index (χ4v) is 1.89. The summed E-state index contributed by atoms with van der Waals surface area (Å²) in [5, 5.41) is 9.09. The van der Waals surface area contributed by atoms with Gasteiger partial charge < -0.3 is 5.11 Å². The van der Waals surface area contributed by atoms with E-state index in [-0.39, 0.29) is 35.9 Å². The zero-order valence-corrected chi connectivity index (χ0v) is 9.55. The molecule has 18 heavy (non-hydrogen) atoms. The molecule has 1 heterocycles. The van der Waals surface area contributed by atoms with Crippen LogP contribution in [-0.2, 0) is 9.59 Å². The standard InChI is InChI=1S/C13H11NO4/c1-2-8-3-4-9(13(17)18)10(7-8)14-11(15)5-6-12(14)16/h2-4,7H,1,5-6H2,(H,17,18). The van der Waals surface area contributed by atoms with Crippen molar-refractivity contribution < 1.29 is 19.5 Å². The number of carboxylic acids is 1. The number of amides is 2. The Morgan fingerprint density at radius 2 is 1.89 bits per heavy atom. The summed E-state index contributed by atoms with van der Waals surface area (Å²) in [6.45, 7) is 3.58. The van der Waals surface area contributed by atoms with Gasteiger partial charge in [-0.3, -0.25) is 9.59 Å². The molecule has 0 unspecified atom stereocenters. The molecule has 1 saturated heterocycles. The van der Waals surface area contributed by atoms with E-state index in [4.69, 9.17) is 5.11 Å². The van der Waals surface area contributed by atoms with E-state index in [1.54, 1.807) is 6.07 Å². The number of anilines is 1. The Morgan fingerprint density at radius 3 is 2.39 bits per heavy atom. The molecule has 5 nitrogen and oxygen atoms in total. The molecule has 0 aliphatic carbocycles. The highest BCUT2D eigenvalue weighted by Crippen LogP contribution is 2.28. The molecular weight excluding hydrogens is 234 g/mol. The van der Waals surface area contributed by atoms with Gasteiger partial charge in [0.05, 0.1) is 11.3 Å². The van der Waals surface area contributed by atoms with Crippen molar-refractivity contribution in [3.8, 4) is 0 Å². The Hall–Kier alpha value is -2.43. The van der Waals surface area contributed by atoms with E-state index < -0.39 is 5.97 Å². The third kappa shape index (κ3) is 1.90. The molecule has 0 atom stereocenters. The summed E-state index contributed by atoms with van der Waals surface area (Å²) in [7, 11) is 0. The van der Waals surface area contributed by atoms with Gasteiger partial charge in [0.25, 0.3) is 0 Å². The highest BCUT2D eigenvalue weighted by atomic mass is 16.4. The van der Waals surface area contributed by atoms with Crippen LogP contribution in [0, 0.1) is 0 Å². The number of carbonyl (C=O) groups is 3. The molecule has 0 bridgehead atoms. The van der Waals surface area contributed by atoms with Gasteiger partial charge in [-0.2, -0.15) is 0 Å². The van der Waals surface area contributed by atoms with Gasteiger partial charge in [-0.15, -0.1) is 0 Å². The zero-order valence-electron chi connectivity index (χ0n) is 9.55. The fourth-order valence-electron chi connectivity index (χ4n) is 1.89. The van der Waals surface area contributed by atoms with Gasteiger partial charge in [0, 0.05) is 12.8 Å². The summed E-state index contributed by atoms with van der Waals surface area (Å²) in [5.74, 6) is -1.92. The van der Waals surface area contributed by atoms with Crippen LogP contribution >= 0.6 is 0 Å². The molecule has 92 valence electrons. The van der Waals surface area contributed by atoms with E-state index in [0.717, 1.165) is 4.90 Å². The number of hydrogen-bond donors (Lipinski definition) is 1. The van der Waals surface area contributed by atoms with Crippen molar-refractivity contribution in [2.45, 2.75) is 12.8 Å². The number of nitrogens with zero attached hydrogens (tertiary/aromatic N) is 1. The number of benzene rings is 1. The number of carbonyl (C=O) groups excluding carboxylic acids is 2. The van der Waals surface area contributed by atoms with Crippen molar-refractivity contribution in [2.24, 2.45) is 0 Å². The van der Waals surface area contributed by atoms with E-state index in [2.05, 4.69) is 6.58 Å². The zero-order chi connectivity index (χ0) is 13.3. The van der Waals surface area contributed by atoms with Crippen LogP contribution in [0.15, 0.2) is 24.8 Å². The predicted octanol–water partition coefficient (Wildman–Crippen LogP) is 1.68. The molecule has 1 aromatic rings. The Kier molecular flexibility index (Phi) is 2.97. The molecule has 1 fully saturated rings. The largest absolute Gasteiger partial charge is 0.478 e. The van der Waals surface area contributed by atoms with Crippen LogP contribution in [0.5, 0.6) is 0 Å². The maximum atomic E-state index is 11.6. The van der Waals surface area contributed by atoms with Crippen LogP contribution in [-0.4, -0.2) is 22.9 Å². The maximum absolute atomic E-state index is 11.6. The molecule has 1 N–H and O–H groups in total. The third-order valence-corrected chi connectivity index (χ3v) is 2.78. The lowest BCUT2D eigenvalue weighted by Crippen LogP contribution is -2.30. The average Bonchev–Trinajstić information content (AvgIpc) is 2.68. The van der Waals surface area contributed by atoms with Crippen LogP contribution in [0.25, 0.3) is 6.08 Å². The fraction of sp³-hybridized carbons (Fsp3) is 0.154. The number of carboxylic acid groups (broad SMARTS) is 1. The quantitative estimate of drug-likeness (QED) is 0.822. The average molecular weight is 245 g/mol. The Balaban J connectivity index is 2.59. The van der Waals surface area contributed by atoms with Crippen LogP contribution < -0.4 is 4.90 Å². The maximum Gasteiger partial charge on any atom is 0.337 e. The molecule has 1 aromatic carbocycles. The summed E-state index contributed by atoms with van der Waals surface area (Å²) < 4.78 is 0. The molecule has 0 saturated carbocycles. The highest BCUT2D eigenvalue weighted by molar-refractivity contribution is 6.21. The van der Waals surface area contributed by atoms with E-state index in [1.165, 1.54) is 18.2 Å². The highest BCUT2D eigenvalue weighted by Gasteiger charge is 2.32. The van der Waals surface area contributed by atoms with E-state index in [9.17, 15) is 14.4 Å². The topological polar surface area (TPSA) is 74.7 Å². The lowest BCUT2D eigenvalue weighted by Gasteiger charge is -2.17. The van der Waals surface area contributed by atoms with Crippen molar-refractivity contribution in [3.05, 3.63) is 35.9 Å². The van der Waals surface area contributed by atoms with Gasteiger partial charge in [0.2, 0.25) is 11.8 Å². The molecule has 5 heteroatoms. The van der Waals surface area contributed by atoms with Crippen molar-refractivity contribution in [1.82, 2.24) is 0 Å². The summed E-state index contributed by atoms with van der Waals surface area (Å²) in [5.41, 5.74) is 0.708. The molecule has 2 amide bonds. The number of imide groups is 1. The second-order valence-electron chi connectivity index (χ2n) is 3.91. The lowest BCUT2D eigenvalue weighted by atomic mass is 10.1. The molecule has 0 spiro atoms. The summed E-state index contributed by atoms with van der Waals surface area (Å²) in [4.78, 5) is 35.3. The van der Waals surface area contributed by atoms with Crippen molar-refractivity contribution in [2.75, 3.05) is 4.90 Å². The van der Waals surface area contributed by atoms with Gasteiger partial charge in [-0.25, -0.2) is 9.69 Å². The van der Waals surface area contributed by atoms with Crippen molar-refractivity contribution in [3.63, 3.8) is 0 Å². The van der Waals surface area contributed by atoms with E-state index in [0.29, 0.717) is 5.56 Å². The second kappa shape index (κ2) is 4.44. The van der Waals surface area contributed by atoms with Crippen molar-refractivity contribution in [1.29, 1.82) is 0 Å². The van der Waals surface area contributed by atoms with Crippen molar-refractivity contribution >= 4 is 29.5 Å². The summed E-state index contributed by atoms with van der Waals surface area (Å²) >= 11 is 0. The molecule has 0 radical (unpaired) electrons. The van der Waals surface area contributed by atoms with Crippen LogP contribution in [0.2, 0.25) is 0 Å². The SMILES string of the molecule is C=Cc1ccc(C(=O)O)c(N2C(=O)CCC2=O)c1. The Morgan fingerprint density at radius 1 is 1.28 bits per heavy atom. The molecule has 2 rings (SSSR count). The first-order valence-electron chi connectivity index (χ1n) is 5.40. The molecule has 0 aromatic heterocycles.